The smallest absolute Gasteiger partial charge is 0.268 e. The Kier molecular flexibility index (Phi) is 6.13. The third-order valence-electron chi connectivity index (χ3n) is 6.26. The lowest BCUT2D eigenvalue weighted by molar-refractivity contribution is -0.128. The molecular weight excluding hydrogens is 434 g/mol. The fraction of sp³-hybridized carbons (Fsp3) is 0.346. The van der Waals surface area contributed by atoms with E-state index in [9.17, 15) is 9.59 Å². The lowest BCUT2D eigenvalue weighted by Crippen LogP contribution is -2.50. The summed E-state index contributed by atoms with van der Waals surface area (Å²) in [5.74, 6) is 0.275. The summed E-state index contributed by atoms with van der Waals surface area (Å²) < 4.78 is 5.83. The molecule has 1 aromatic heterocycles. The summed E-state index contributed by atoms with van der Waals surface area (Å²) in [6, 6.07) is 16.0. The van der Waals surface area contributed by atoms with Crippen LogP contribution in [0.15, 0.2) is 53.9 Å². The van der Waals surface area contributed by atoms with Crippen LogP contribution < -0.4 is 15.0 Å². The average Bonchev–Trinajstić information content (AvgIpc) is 3.33. The van der Waals surface area contributed by atoms with Crippen LogP contribution in [-0.2, 0) is 9.59 Å². The molecule has 0 spiro atoms. The van der Waals surface area contributed by atoms with E-state index in [2.05, 4.69) is 5.32 Å². The number of rotatable bonds is 5. The van der Waals surface area contributed by atoms with Crippen LogP contribution in [0.2, 0.25) is 0 Å². The van der Waals surface area contributed by atoms with Crippen molar-refractivity contribution in [2.75, 3.05) is 11.4 Å². The fourth-order valence-electron chi connectivity index (χ4n) is 4.51. The number of nitrogens with one attached hydrogen (secondary N) is 1. The summed E-state index contributed by atoms with van der Waals surface area (Å²) in [5, 5.41) is 6.07. The Bertz CT molecular complexity index is 1150. The van der Waals surface area contributed by atoms with Crippen molar-refractivity contribution in [1.82, 2.24) is 10.3 Å². The van der Waals surface area contributed by atoms with Crippen molar-refractivity contribution in [2.24, 2.45) is 0 Å². The summed E-state index contributed by atoms with van der Waals surface area (Å²) >= 11 is 1.58. The number of fused-ring (bicyclic) bond motifs is 1. The van der Waals surface area contributed by atoms with Crippen LogP contribution in [-0.4, -0.2) is 35.5 Å². The molecule has 6 nitrogen and oxygen atoms in total. The Morgan fingerprint density at radius 1 is 1.12 bits per heavy atom. The number of thiazole rings is 1. The van der Waals surface area contributed by atoms with Crippen molar-refractivity contribution in [3.05, 3.63) is 53.9 Å². The number of carbonyl (C=O) groups excluding carboxylic acids is 2. The van der Waals surface area contributed by atoms with Gasteiger partial charge in [0, 0.05) is 22.5 Å². The summed E-state index contributed by atoms with van der Waals surface area (Å²) in [5.41, 5.74) is 3.40. The number of nitrogens with zero attached hydrogens (tertiary/aromatic N) is 2. The summed E-state index contributed by atoms with van der Waals surface area (Å²) in [7, 11) is 0. The first-order valence-corrected chi connectivity index (χ1v) is 12.4. The van der Waals surface area contributed by atoms with E-state index in [0.29, 0.717) is 11.4 Å². The summed E-state index contributed by atoms with van der Waals surface area (Å²) in [4.78, 5) is 32.1. The molecule has 3 aromatic rings. The molecule has 5 rings (SSSR count). The second-order valence-electron chi connectivity index (χ2n) is 8.67. The van der Waals surface area contributed by atoms with Gasteiger partial charge in [0.2, 0.25) is 5.91 Å². The molecule has 1 aliphatic heterocycles. The van der Waals surface area contributed by atoms with Gasteiger partial charge in [0.05, 0.1) is 11.4 Å². The zero-order chi connectivity index (χ0) is 22.8. The minimum Gasteiger partial charge on any atom is -0.479 e. The van der Waals surface area contributed by atoms with Crippen LogP contribution in [0.1, 0.15) is 39.0 Å². The van der Waals surface area contributed by atoms with Gasteiger partial charge in [-0.3, -0.25) is 14.5 Å². The molecule has 2 amide bonds. The van der Waals surface area contributed by atoms with Gasteiger partial charge in [-0.15, -0.1) is 11.3 Å². The van der Waals surface area contributed by atoms with Crippen LogP contribution in [0, 0.1) is 0 Å². The zero-order valence-electron chi connectivity index (χ0n) is 18.6. The number of benzene rings is 2. The summed E-state index contributed by atoms with van der Waals surface area (Å²) in [6.07, 6.45) is 4.90. The van der Waals surface area contributed by atoms with Crippen LogP contribution in [0.25, 0.3) is 21.8 Å². The number of amides is 2. The number of ether oxygens (including phenoxy) is 1. The van der Waals surface area contributed by atoms with E-state index >= 15 is 0 Å². The van der Waals surface area contributed by atoms with Gasteiger partial charge in [0.15, 0.2) is 6.10 Å². The largest absolute Gasteiger partial charge is 0.479 e. The Morgan fingerprint density at radius 3 is 2.70 bits per heavy atom. The van der Waals surface area contributed by atoms with Crippen molar-refractivity contribution >= 4 is 28.8 Å². The molecule has 170 valence electrons. The molecule has 1 saturated carbocycles. The second kappa shape index (κ2) is 9.35. The lowest BCUT2D eigenvalue weighted by atomic mass is 9.95. The molecule has 1 unspecified atom stereocenters. The van der Waals surface area contributed by atoms with Crippen molar-refractivity contribution in [3.63, 3.8) is 0 Å². The maximum absolute atomic E-state index is 13.0. The number of hydrogen-bond donors (Lipinski definition) is 1. The molecule has 7 heteroatoms. The molecule has 33 heavy (non-hydrogen) atoms. The summed E-state index contributed by atoms with van der Waals surface area (Å²) in [6.45, 7) is 1.71. The number of aromatic nitrogens is 1. The van der Waals surface area contributed by atoms with E-state index < -0.39 is 6.10 Å². The fourth-order valence-corrected chi connectivity index (χ4v) is 5.35. The van der Waals surface area contributed by atoms with E-state index in [-0.39, 0.29) is 24.4 Å². The molecule has 0 saturated heterocycles. The van der Waals surface area contributed by atoms with Gasteiger partial charge in [-0.1, -0.05) is 49.6 Å². The van der Waals surface area contributed by atoms with Gasteiger partial charge in [0.1, 0.15) is 17.3 Å². The third-order valence-corrected chi connectivity index (χ3v) is 7.15. The maximum atomic E-state index is 13.0. The van der Waals surface area contributed by atoms with Crippen molar-refractivity contribution in [2.45, 2.75) is 51.2 Å². The van der Waals surface area contributed by atoms with Gasteiger partial charge in [-0.05, 0) is 38.0 Å². The van der Waals surface area contributed by atoms with Crippen LogP contribution in [0.3, 0.4) is 0 Å². The molecule has 1 atom stereocenters. The SMILES string of the molecule is CC1Oc2ccc(-c3csc(-c4ccccc4)n3)cc2N(CC(=O)NC2CCCCC2)C1=O. The second-order valence-corrected chi connectivity index (χ2v) is 9.53. The van der Waals surface area contributed by atoms with Gasteiger partial charge in [-0.25, -0.2) is 4.98 Å². The van der Waals surface area contributed by atoms with Gasteiger partial charge in [0.25, 0.3) is 5.91 Å². The minimum absolute atomic E-state index is 0.00812. The highest BCUT2D eigenvalue weighted by atomic mass is 32.1. The highest BCUT2D eigenvalue weighted by molar-refractivity contribution is 7.13. The monoisotopic (exact) mass is 461 g/mol. The van der Waals surface area contributed by atoms with Crippen molar-refractivity contribution < 1.29 is 14.3 Å². The highest BCUT2D eigenvalue weighted by Crippen LogP contribution is 2.38. The van der Waals surface area contributed by atoms with Gasteiger partial charge >= 0.3 is 0 Å². The Labute approximate surface area is 197 Å². The molecule has 2 aliphatic rings. The average molecular weight is 462 g/mol. The van der Waals surface area contributed by atoms with Gasteiger partial charge < -0.3 is 10.1 Å². The van der Waals surface area contributed by atoms with E-state index in [1.165, 1.54) is 6.42 Å². The van der Waals surface area contributed by atoms with Crippen LogP contribution in [0.5, 0.6) is 5.75 Å². The normalized spacial score (nSPS) is 18.5. The van der Waals surface area contributed by atoms with E-state index in [1.54, 1.807) is 23.2 Å². The minimum atomic E-state index is -0.630. The number of hydrogen-bond acceptors (Lipinski definition) is 5. The zero-order valence-corrected chi connectivity index (χ0v) is 19.4. The number of carbonyl (C=O) groups is 2. The number of anilines is 1. The predicted octanol–water partition coefficient (Wildman–Crippen LogP) is 5.04. The first-order valence-electron chi connectivity index (χ1n) is 11.5. The molecule has 2 heterocycles. The van der Waals surface area contributed by atoms with E-state index in [1.807, 2.05) is 53.9 Å². The standard InChI is InChI=1S/C26H27N3O3S/c1-17-26(31)29(15-24(30)27-20-10-6-3-7-11-20)22-14-19(12-13-23(22)32-17)21-16-33-25(28-21)18-8-4-2-5-9-18/h2,4-5,8-9,12-14,16-17,20H,3,6-7,10-11,15H2,1H3,(H,27,30). The Morgan fingerprint density at radius 2 is 1.91 bits per heavy atom. The molecule has 1 aliphatic carbocycles. The Hall–Kier alpha value is -3.19. The van der Waals surface area contributed by atoms with Crippen LogP contribution in [0.4, 0.5) is 5.69 Å². The molecule has 0 radical (unpaired) electrons. The molecule has 2 aromatic carbocycles. The molecule has 0 bridgehead atoms. The quantitative estimate of drug-likeness (QED) is 0.578. The third kappa shape index (κ3) is 4.64. The molecule has 1 fully saturated rings. The molecule has 1 N–H and O–H groups in total. The van der Waals surface area contributed by atoms with Gasteiger partial charge in [-0.2, -0.15) is 0 Å². The van der Waals surface area contributed by atoms with E-state index in [0.717, 1.165) is 47.5 Å². The maximum Gasteiger partial charge on any atom is 0.268 e. The van der Waals surface area contributed by atoms with E-state index in [4.69, 9.17) is 9.72 Å². The van der Waals surface area contributed by atoms with Crippen molar-refractivity contribution in [1.29, 1.82) is 0 Å². The van der Waals surface area contributed by atoms with Crippen molar-refractivity contribution in [3.8, 4) is 27.6 Å². The Balaban J connectivity index is 1.40. The lowest BCUT2D eigenvalue weighted by Gasteiger charge is -2.33. The molecular formula is C26H27N3O3S. The first kappa shape index (κ1) is 21.6. The predicted molar refractivity (Wildman–Crippen MR) is 130 cm³/mol. The highest BCUT2D eigenvalue weighted by Gasteiger charge is 2.33. The van der Waals surface area contributed by atoms with Crippen LogP contribution >= 0.6 is 11.3 Å². The first-order chi connectivity index (χ1) is 16.1. The topological polar surface area (TPSA) is 71.5 Å².